The predicted octanol–water partition coefficient (Wildman–Crippen LogP) is 3.06. The molecule has 1 fully saturated rings. The molecule has 2 aliphatic heterocycles. The highest BCUT2D eigenvalue weighted by Gasteiger charge is 2.41. The summed E-state index contributed by atoms with van der Waals surface area (Å²) in [5.74, 6) is -1.33. The van der Waals surface area contributed by atoms with Gasteiger partial charge in [0.2, 0.25) is 5.91 Å². The van der Waals surface area contributed by atoms with Crippen LogP contribution in [0.3, 0.4) is 0 Å². The van der Waals surface area contributed by atoms with Crippen molar-refractivity contribution in [2.24, 2.45) is 5.92 Å². The summed E-state index contributed by atoms with van der Waals surface area (Å²) in [7, 11) is 0. The van der Waals surface area contributed by atoms with Crippen LogP contribution in [-0.4, -0.2) is 52.1 Å². The number of nitro benzene ring substituents is 1. The van der Waals surface area contributed by atoms with E-state index in [2.05, 4.69) is 17.1 Å². The maximum Gasteiger partial charge on any atom is 0.282 e. The molecule has 4 rings (SSSR count). The monoisotopic (exact) mass is 436 g/mol. The molecule has 9 nitrogen and oxygen atoms in total. The number of hydrogen-bond donors (Lipinski definition) is 1. The Morgan fingerprint density at radius 2 is 1.78 bits per heavy atom. The number of likely N-dealkylation sites (tertiary alicyclic amines) is 1. The second-order valence-electron chi connectivity index (χ2n) is 8.36. The zero-order valence-corrected chi connectivity index (χ0v) is 17.7. The van der Waals surface area contributed by atoms with Crippen molar-refractivity contribution in [2.45, 2.75) is 26.3 Å². The number of carbonyl (C=O) groups excluding carboxylic acids is 3. The van der Waals surface area contributed by atoms with Crippen LogP contribution in [0.25, 0.3) is 0 Å². The molecule has 0 bridgehead atoms. The molecule has 2 aromatic carbocycles. The number of nitro groups is 1. The average Bonchev–Trinajstić information content (AvgIpc) is 3.01. The number of carbonyl (C=O) groups is 3. The first-order valence-electron chi connectivity index (χ1n) is 10.6. The third kappa shape index (κ3) is 4.38. The lowest BCUT2D eigenvalue weighted by molar-refractivity contribution is -0.385. The van der Waals surface area contributed by atoms with Gasteiger partial charge in [0.25, 0.3) is 17.5 Å². The van der Waals surface area contributed by atoms with Gasteiger partial charge in [-0.15, -0.1) is 0 Å². The Bertz CT molecular complexity index is 1070. The lowest BCUT2D eigenvalue weighted by Gasteiger charge is -2.30. The number of piperidine rings is 1. The number of hydrogen-bond acceptors (Lipinski definition) is 6. The summed E-state index contributed by atoms with van der Waals surface area (Å²) in [6.45, 7) is 4.78. The molecule has 2 aromatic rings. The molecule has 1 N–H and O–H groups in total. The maximum absolute atomic E-state index is 12.6. The van der Waals surface area contributed by atoms with Crippen molar-refractivity contribution in [1.82, 2.24) is 9.80 Å². The van der Waals surface area contributed by atoms with Crippen LogP contribution in [0.2, 0.25) is 0 Å². The Morgan fingerprint density at radius 1 is 1.09 bits per heavy atom. The molecule has 0 aromatic heterocycles. The van der Waals surface area contributed by atoms with Crippen LogP contribution in [0, 0.1) is 16.0 Å². The van der Waals surface area contributed by atoms with E-state index >= 15 is 0 Å². The minimum Gasteiger partial charge on any atom is -0.325 e. The third-order valence-electron chi connectivity index (χ3n) is 6.00. The number of nitrogens with one attached hydrogen (secondary N) is 1. The first-order valence-corrected chi connectivity index (χ1v) is 10.6. The van der Waals surface area contributed by atoms with E-state index in [4.69, 9.17) is 0 Å². The van der Waals surface area contributed by atoms with Crippen LogP contribution in [0.1, 0.15) is 46.0 Å². The maximum atomic E-state index is 12.6. The van der Waals surface area contributed by atoms with Gasteiger partial charge < -0.3 is 5.32 Å². The SMILES string of the molecule is CC1CCN(Cc2ccc(NC(=O)CN3C(=O)c4cccc([N+](=O)[O-])c4C3=O)cc2)CC1. The highest BCUT2D eigenvalue weighted by atomic mass is 16.6. The molecular weight excluding hydrogens is 412 g/mol. The fourth-order valence-electron chi connectivity index (χ4n) is 4.13. The number of anilines is 1. The fourth-order valence-corrected chi connectivity index (χ4v) is 4.13. The summed E-state index contributed by atoms with van der Waals surface area (Å²) in [6, 6.07) is 11.3. The first-order chi connectivity index (χ1) is 15.3. The smallest absolute Gasteiger partial charge is 0.282 e. The second-order valence-corrected chi connectivity index (χ2v) is 8.36. The highest BCUT2D eigenvalue weighted by Crippen LogP contribution is 2.30. The van der Waals surface area contributed by atoms with E-state index in [1.54, 1.807) is 12.1 Å². The zero-order valence-electron chi connectivity index (χ0n) is 17.7. The summed E-state index contributed by atoms with van der Waals surface area (Å²) in [6.07, 6.45) is 2.41. The molecule has 3 amide bonds. The predicted molar refractivity (Wildman–Crippen MR) is 117 cm³/mol. The van der Waals surface area contributed by atoms with Gasteiger partial charge >= 0.3 is 0 Å². The van der Waals surface area contributed by atoms with Crippen molar-refractivity contribution in [2.75, 3.05) is 25.0 Å². The van der Waals surface area contributed by atoms with Gasteiger partial charge in [-0.1, -0.05) is 25.1 Å². The van der Waals surface area contributed by atoms with E-state index in [0.717, 1.165) is 36.0 Å². The van der Waals surface area contributed by atoms with E-state index in [0.29, 0.717) is 5.69 Å². The highest BCUT2D eigenvalue weighted by molar-refractivity contribution is 6.24. The van der Waals surface area contributed by atoms with Crippen LogP contribution >= 0.6 is 0 Å². The Labute approximate surface area is 185 Å². The molecule has 0 spiro atoms. The van der Waals surface area contributed by atoms with E-state index in [-0.39, 0.29) is 11.1 Å². The van der Waals surface area contributed by atoms with Crippen molar-refractivity contribution in [3.8, 4) is 0 Å². The Kier molecular flexibility index (Phi) is 6.00. The quantitative estimate of drug-likeness (QED) is 0.423. The van der Waals surface area contributed by atoms with E-state index < -0.39 is 34.9 Å². The molecule has 166 valence electrons. The van der Waals surface area contributed by atoms with Crippen LogP contribution in [0.5, 0.6) is 0 Å². The largest absolute Gasteiger partial charge is 0.325 e. The molecule has 9 heteroatoms. The van der Waals surface area contributed by atoms with Crippen molar-refractivity contribution in [3.05, 3.63) is 69.3 Å². The Morgan fingerprint density at radius 3 is 2.44 bits per heavy atom. The van der Waals surface area contributed by atoms with Gasteiger partial charge in [0.15, 0.2) is 0 Å². The molecule has 32 heavy (non-hydrogen) atoms. The summed E-state index contributed by atoms with van der Waals surface area (Å²) >= 11 is 0. The van der Waals surface area contributed by atoms with Crippen LogP contribution in [0.4, 0.5) is 11.4 Å². The van der Waals surface area contributed by atoms with E-state index in [1.807, 2.05) is 12.1 Å². The van der Waals surface area contributed by atoms with Crippen molar-refractivity contribution < 1.29 is 19.3 Å². The summed E-state index contributed by atoms with van der Waals surface area (Å²) < 4.78 is 0. The minimum absolute atomic E-state index is 0.0616. The van der Waals surface area contributed by atoms with Crippen molar-refractivity contribution >= 4 is 29.1 Å². The summed E-state index contributed by atoms with van der Waals surface area (Å²) in [5.41, 5.74) is 0.918. The van der Waals surface area contributed by atoms with Gasteiger partial charge in [-0.2, -0.15) is 0 Å². The third-order valence-corrected chi connectivity index (χ3v) is 6.00. The molecule has 0 saturated carbocycles. The number of imide groups is 1. The van der Waals surface area contributed by atoms with Gasteiger partial charge in [-0.3, -0.25) is 34.3 Å². The van der Waals surface area contributed by atoms with Gasteiger partial charge in [0, 0.05) is 18.3 Å². The first kappa shape index (κ1) is 21.6. The topological polar surface area (TPSA) is 113 Å². The Balaban J connectivity index is 1.37. The number of nitrogens with zero attached hydrogens (tertiary/aromatic N) is 3. The van der Waals surface area contributed by atoms with Gasteiger partial charge in [-0.25, -0.2) is 0 Å². The van der Waals surface area contributed by atoms with Gasteiger partial charge in [0.05, 0.1) is 10.5 Å². The number of fused-ring (bicyclic) bond motifs is 1. The lowest BCUT2D eigenvalue weighted by atomic mass is 9.99. The second kappa shape index (κ2) is 8.88. The molecule has 1 saturated heterocycles. The van der Waals surface area contributed by atoms with E-state index in [9.17, 15) is 24.5 Å². The van der Waals surface area contributed by atoms with Crippen LogP contribution in [0.15, 0.2) is 42.5 Å². The average molecular weight is 436 g/mol. The van der Waals surface area contributed by atoms with Gasteiger partial charge in [-0.05, 0) is 55.6 Å². The number of rotatable bonds is 6. The minimum atomic E-state index is -0.835. The van der Waals surface area contributed by atoms with Gasteiger partial charge in [0.1, 0.15) is 12.1 Å². The standard InChI is InChI=1S/C23H24N4O5/c1-15-9-11-25(12-10-15)13-16-5-7-17(8-6-16)24-20(28)14-26-22(29)18-3-2-4-19(27(31)32)21(18)23(26)30/h2-8,15H,9-14H2,1H3,(H,24,28). The molecular formula is C23H24N4O5. The van der Waals surface area contributed by atoms with E-state index in [1.165, 1.54) is 31.0 Å². The Hall–Kier alpha value is -3.59. The van der Waals surface area contributed by atoms with Crippen LogP contribution in [-0.2, 0) is 11.3 Å². The molecule has 0 atom stereocenters. The number of amides is 3. The molecule has 0 radical (unpaired) electrons. The van der Waals surface area contributed by atoms with Crippen LogP contribution < -0.4 is 5.32 Å². The molecule has 2 heterocycles. The lowest BCUT2D eigenvalue weighted by Crippen LogP contribution is -2.37. The fraction of sp³-hybridized carbons (Fsp3) is 0.348. The molecule has 0 unspecified atom stereocenters. The number of benzene rings is 2. The van der Waals surface area contributed by atoms with Crippen molar-refractivity contribution in [3.63, 3.8) is 0 Å². The summed E-state index contributed by atoms with van der Waals surface area (Å²) in [4.78, 5) is 51.2. The summed E-state index contributed by atoms with van der Waals surface area (Å²) in [5, 5.41) is 13.9. The normalized spacial score (nSPS) is 16.8. The molecule has 0 aliphatic carbocycles. The zero-order chi connectivity index (χ0) is 22.8. The van der Waals surface area contributed by atoms with Crippen molar-refractivity contribution in [1.29, 1.82) is 0 Å². The molecule has 2 aliphatic rings.